The maximum atomic E-state index is 12.3. The van der Waals surface area contributed by atoms with Crippen molar-refractivity contribution in [3.05, 3.63) is 48.2 Å². The summed E-state index contributed by atoms with van der Waals surface area (Å²) in [5.74, 6) is 1.34. The topological polar surface area (TPSA) is 48.4 Å². The maximum absolute atomic E-state index is 12.3. The van der Waals surface area contributed by atoms with Crippen molar-refractivity contribution in [1.29, 1.82) is 0 Å². The molecule has 4 nitrogen and oxygen atoms in total. The van der Waals surface area contributed by atoms with E-state index < -0.39 is 0 Å². The lowest BCUT2D eigenvalue weighted by molar-refractivity contribution is 0.0496. The minimum atomic E-state index is -0.297. The van der Waals surface area contributed by atoms with E-state index in [1.54, 1.807) is 12.3 Å². The first-order valence-electron chi connectivity index (χ1n) is 13.0. The molecule has 0 aliphatic heterocycles. The Kier molecular flexibility index (Phi) is 13.3. The van der Waals surface area contributed by atoms with Gasteiger partial charge in [0.1, 0.15) is 5.75 Å². The van der Waals surface area contributed by atoms with E-state index in [1.165, 1.54) is 51.4 Å². The van der Waals surface area contributed by atoms with Crippen LogP contribution in [0.25, 0.3) is 11.3 Å². The van der Waals surface area contributed by atoms with E-state index in [-0.39, 0.29) is 5.97 Å². The van der Waals surface area contributed by atoms with E-state index in [1.807, 2.05) is 30.3 Å². The Hall–Kier alpha value is -2.36. The molecular formula is C29H43NO3. The highest BCUT2D eigenvalue weighted by Crippen LogP contribution is 2.21. The first kappa shape index (κ1) is 26.9. The molecular weight excluding hydrogens is 410 g/mol. The van der Waals surface area contributed by atoms with E-state index in [9.17, 15) is 4.79 Å². The van der Waals surface area contributed by atoms with E-state index in [0.29, 0.717) is 12.2 Å². The fraction of sp³-hybridized carbons (Fsp3) is 0.586. The van der Waals surface area contributed by atoms with Crippen LogP contribution in [0.5, 0.6) is 5.75 Å². The van der Waals surface area contributed by atoms with Crippen LogP contribution in [-0.4, -0.2) is 24.2 Å². The molecule has 0 fully saturated rings. The molecule has 182 valence electrons. The number of unbranched alkanes of at least 4 members (excludes halogenated alkanes) is 6. The molecule has 0 radical (unpaired) electrons. The van der Waals surface area contributed by atoms with Crippen LogP contribution in [0.1, 0.15) is 102 Å². The molecule has 2 rings (SSSR count). The second-order valence-electron chi connectivity index (χ2n) is 9.10. The average molecular weight is 454 g/mol. The van der Waals surface area contributed by atoms with Crippen molar-refractivity contribution in [3.63, 3.8) is 0 Å². The third kappa shape index (κ3) is 10.9. The molecule has 1 aromatic heterocycles. The molecule has 1 unspecified atom stereocenters. The Morgan fingerprint density at radius 3 is 2.24 bits per heavy atom. The molecule has 0 aliphatic rings. The Morgan fingerprint density at radius 1 is 0.818 bits per heavy atom. The molecule has 0 saturated heterocycles. The predicted octanol–water partition coefficient (Wildman–Crippen LogP) is 8.25. The number of ether oxygens (including phenoxy) is 2. The van der Waals surface area contributed by atoms with Gasteiger partial charge in [0, 0.05) is 11.8 Å². The number of rotatable bonds is 17. The van der Waals surface area contributed by atoms with Crippen molar-refractivity contribution in [1.82, 2.24) is 4.98 Å². The number of nitrogens with zero attached hydrogens (tertiary/aromatic N) is 1. The van der Waals surface area contributed by atoms with Crippen LogP contribution < -0.4 is 4.74 Å². The van der Waals surface area contributed by atoms with E-state index in [4.69, 9.17) is 9.47 Å². The summed E-state index contributed by atoms with van der Waals surface area (Å²) in [6, 6.07) is 11.6. The van der Waals surface area contributed by atoms with Crippen LogP contribution in [0.3, 0.4) is 0 Å². The van der Waals surface area contributed by atoms with Crippen LogP contribution >= 0.6 is 0 Å². The number of esters is 1. The van der Waals surface area contributed by atoms with Crippen LogP contribution in [0.4, 0.5) is 0 Å². The number of hydrogen-bond donors (Lipinski definition) is 0. The highest BCUT2D eigenvalue weighted by molar-refractivity contribution is 5.89. The molecule has 0 aliphatic carbocycles. The van der Waals surface area contributed by atoms with E-state index in [0.717, 1.165) is 48.8 Å². The zero-order valence-electron chi connectivity index (χ0n) is 21.0. The number of hydrogen-bond acceptors (Lipinski definition) is 4. The highest BCUT2D eigenvalue weighted by Gasteiger charge is 2.09. The van der Waals surface area contributed by atoms with Gasteiger partial charge >= 0.3 is 5.97 Å². The SMILES string of the molecule is CCCCCCCCOc1ccc(-c2ccc(C(=O)OCCCCC(C)CCC)cn2)cc1. The third-order valence-electron chi connectivity index (χ3n) is 6.02. The number of aromatic nitrogens is 1. The smallest absolute Gasteiger partial charge is 0.339 e. The second kappa shape index (κ2) is 16.3. The summed E-state index contributed by atoms with van der Waals surface area (Å²) in [7, 11) is 0. The number of carbonyl (C=O) groups is 1. The molecule has 0 spiro atoms. The first-order chi connectivity index (χ1) is 16.1. The number of pyridine rings is 1. The van der Waals surface area contributed by atoms with Gasteiger partial charge in [-0.2, -0.15) is 0 Å². The van der Waals surface area contributed by atoms with Crippen molar-refractivity contribution in [2.24, 2.45) is 5.92 Å². The largest absolute Gasteiger partial charge is 0.494 e. The Labute approximate surface area is 201 Å². The standard InChI is InChI=1S/C29H43NO3/c1-4-6-7-8-9-11-21-32-27-18-15-25(16-19-27)28-20-17-26(23-30-28)29(31)33-22-12-10-14-24(3)13-5-2/h15-20,23-24H,4-14,21-22H2,1-3H3. The third-order valence-corrected chi connectivity index (χ3v) is 6.02. The molecule has 4 heteroatoms. The lowest BCUT2D eigenvalue weighted by atomic mass is 9.99. The Morgan fingerprint density at radius 2 is 1.55 bits per heavy atom. The maximum Gasteiger partial charge on any atom is 0.339 e. The van der Waals surface area contributed by atoms with Gasteiger partial charge in [-0.05, 0) is 61.6 Å². The minimum absolute atomic E-state index is 0.297. The van der Waals surface area contributed by atoms with Gasteiger partial charge in [0.2, 0.25) is 0 Å². The summed E-state index contributed by atoms with van der Waals surface area (Å²) in [5.41, 5.74) is 2.33. The van der Waals surface area contributed by atoms with Gasteiger partial charge in [0.05, 0.1) is 24.5 Å². The molecule has 0 amide bonds. The summed E-state index contributed by atoms with van der Waals surface area (Å²) in [6.45, 7) is 7.99. The van der Waals surface area contributed by atoms with Gasteiger partial charge in [-0.25, -0.2) is 4.79 Å². The van der Waals surface area contributed by atoms with Crippen molar-refractivity contribution < 1.29 is 14.3 Å². The van der Waals surface area contributed by atoms with Crippen LogP contribution in [0, 0.1) is 5.92 Å². The lowest BCUT2D eigenvalue weighted by Crippen LogP contribution is -2.07. The zero-order chi connectivity index (χ0) is 23.7. The fourth-order valence-corrected chi connectivity index (χ4v) is 3.96. The molecule has 1 atom stereocenters. The first-order valence-corrected chi connectivity index (χ1v) is 13.0. The number of benzene rings is 1. The van der Waals surface area contributed by atoms with Gasteiger partial charge in [0.15, 0.2) is 0 Å². The highest BCUT2D eigenvalue weighted by atomic mass is 16.5. The van der Waals surface area contributed by atoms with Gasteiger partial charge in [0.25, 0.3) is 0 Å². The lowest BCUT2D eigenvalue weighted by Gasteiger charge is -2.10. The summed E-state index contributed by atoms with van der Waals surface area (Å²) in [6.07, 6.45) is 14.9. The summed E-state index contributed by atoms with van der Waals surface area (Å²) >= 11 is 0. The summed E-state index contributed by atoms with van der Waals surface area (Å²) in [5, 5.41) is 0. The number of carbonyl (C=O) groups excluding carboxylic acids is 1. The quantitative estimate of drug-likeness (QED) is 0.179. The zero-order valence-corrected chi connectivity index (χ0v) is 21.0. The molecule has 33 heavy (non-hydrogen) atoms. The van der Waals surface area contributed by atoms with Crippen molar-refractivity contribution in [2.75, 3.05) is 13.2 Å². The van der Waals surface area contributed by atoms with Gasteiger partial charge in [-0.3, -0.25) is 4.98 Å². The Bertz CT molecular complexity index is 770. The van der Waals surface area contributed by atoms with Crippen LogP contribution in [-0.2, 0) is 4.74 Å². The monoisotopic (exact) mass is 453 g/mol. The predicted molar refractivity (Wildman–Crippen MR) is 137 cm³/mol. The molecule has 1 heterocycles. The van der Waals surface area contributed by atoms with E-state index >= 15 is 0 Å². The summed E-state index contributed by atoms with van der Waals surface area (Å²) in [4.78, 5) is 16.7. The summed E-state index contributed by atoms with van der Waals surface area (Å²) < 4.78 is 11.3. The second-order valence-corrected chi connectivity index (χ2v) is 9.10. The van der Waals surface area contributed by atoms with Gasteiger partial charge in [-0.1, -0.05) is 72.1 Å². The molecule has 1 aromatic carbocycles. The van der Waals surface area contributed by atoms with Crippen LogP contribution in [0.2, 0.25) is 0 Å². The van der Waals surface area contributed by atoms with Crippen molar-refractivity contribution in [2.45, 2.75) is 91.4 Å². The molecule has 0 saturated carbocycles. The van der Waals surface area contributed by atoms with Gasteiger partial charge in [-0.15, -0.1) is 0 Å². The molecule has 2 aromatic rings. The van der Waals surface area contributed by atoms with Crippen LogP contribution in [0.15, 0.2) is 42.6 Å². The van der Waals surface area contributed by atoms with Gasteiger partial charge < -0.3 is 9.47 Å². The normalized spacial score (nSPS) is 11.8. The minimum Gasteiger partial charge on any atom is -0.494 e. The average Bonchev–Trinajstić information content (AvgIpc) is 2.84. The van der Waals surface area contributed by atoms with Crippen molar-refractivity contribution >= 4 is 5.97 Å². The van der Waals surface area contributed by atoms with Crippen molar-refractivity contribution in [3.8, 4) is 17.0 Å². The Balaban J connectivity index is 1.70. The fourth-order valence-electron chi connectivity index (χ4n) is 3.96. The molecule has 0 N–H and O–H groups in total. The van der Waals surface area contributed by atoms with E-state index in [2.05, 4.69) is 25.8 Å². The molecule has 0 bridgehead atoms.